The van der Waals surface area contributed by atoms with Crippen LogP contribution in [0.2, 0.25) is 0 Å². The van der Waals surface area contributed by atoms with E-state index in [0.717, 1.165) is 12.8 Å². The molecule has 17 heavy (non-hydrogen) atoms. The summed E-state index contributed by atoms with van der Waals surface area (Å²) in [4.78, 5) is 0. The zero-order valence-corrected chi connectivity index (χ0v) is 11.4. The average Bonchev–Trinajstić information content (AvgIpc) is 2.56. The number of nitrogens with one attached hydrogen (secondary N) is 1. The molecule has 2 atom stereocenters. The van der Waals surface area contributed by atoms with Gasteiger partial charge in [0.05, 0.1) is 11.0 Å². The Morgan fingerprint density at radius 3 is 2.29 bits per heavy atom. The van der Waals surface area contributed by atoms with Crippen molar-refractivity contribution in [3.05, 3.63) is 0 Å². The van der Waals surface area contributed by atoms with E-state index in [4.69, 9.17) is 0 Å². The van der Waals surface area contributed by atoms with E-state index in [0.29, 0.717) is 12.8 Å². The fourth-order valence-electron chi connectivity index (χ4n) is 2.96. The van der Waals surface area contributed by atoms with Gasteiger partial charge in [0.15, 0.2) is 9.84 Å². The molecule has 1 N–H and O–H groups in total. The van der Waals surface area contributed by atoms with Crippen LogP contribution in [0, 0.1) is 0 Å². The van der Waals surface area contributed by atoms with Crippen molar-refractivity contribution in [2.45, 2.75) is 69.0 Å². The van der Waals surface area contributed by atoms with Crippen LogP contribution in [0.1, 0.15) is 46.0 Å². The molecule has 0 aromatic rings. The molecule has 2 aliphatic heterocycles. The van der Waals surface area contributed by atoms with Crippen LogP contribution in [-0.2, 0) is 9.84 Å². The van der Waals surface area contributed by atoms with Crippen LogP contribution < -0.4 is 5.32 Å². The zero-order valence-electron chi connectivity index (χ0n) is 10.6. The minimum atomic E-state index is -3.11. The molecule has 2 heterocycles. The fraction of sp³-hybridized carbons (Fsp3) is 1.00. The van der Waals surface area contributed by atoms with E-state index in [2.05, 4.69) is 5.32 Å². The van der Waals surface area contributed by atoms with Crippen molar-refractivity contribution < 1.29 is 12.8 Å². The maximum atomic E-state index is 14.6. The fourth-order valence-corrected chi connectivity index (χ4v) is 4.08. The topological polar surface area (TPSA) is 46.2 Å². The molecule has 0 spiro atoms. The Morgan fingerprint density at radius 2 is 1.82 bits per heavy atom. The van der Waals surface area contributed by atoms with Crippen LogP contribution in [0.25, 0.3) is 0 Å². The molecule has 2 fully saturated rings. The van der Waals surface area contributed by atoms with Crippen molar-refractivity contribution in [3.8, 4) is 0 Å². The first kappa shape index (κ1) is 13.3. The van der Waals surface area contributed by atoms with Gasteiger partial charge in [0, 0.05) is 12.1 Å². The average molecular weight is 263 g/mol. The van der Waals surface area contributed by atoms with Crippen LogP contribution in [0.4, 0.5) is 4.39 Å². The molecule has 0 saturated carbocycles. The largest absolute Gasteiger partial charge is 0.311 e. The van der Waals surface area contributed by atoms with Gasteiger partial charge >= 0.3 is 0 Å². The number of hydrogen-bond donors (Lipinski definition) is 1. The van der Waals surface area contributed by atoms with Gasteiger partial charge in [-0.3, -0.25) is 0 Å². The number of rotatable bonds is 4. The number of halogens is 1. The van der Waals surface area contributed by atoms with Gasteiger partial charge < -0.3 is 5.32 Å². The van der Waals surface area contributed by atoms with Gasteiger partial charge in [0.2, 0.25) is 0 Å². The minimum absolute atomic E-state index is 0.0133. The molecule has 0 aromatic heterocycles. The first-order valence-electron chi connectivity index (χ1n) is 6.47. The summed E-state index contributed by atoms with van der Waals surface area (Å²) in [5, 5.41) is 2.98. The van der Waals surface area contributed by atoms with E-state index in [1.165, 1.54) is 0 Å². The highest BCUT2D eigenvalue weighted by atomic mass is 32.2. The molecule has 2 bridgehead atoms. The van der Waals surface area contributed by atoms with Crippen molar-refractivity contribution in [2.24, 2.45) is 0 Å². The Hall–Kier alpha value is -0.160. The van der Waals surface area contributed by atoms with Gasteiger partial charge in [-0.15, -0.1) is 0 Å². The normalized spacial score (nSPS) is 37.6. The van der Waals surface area contributed by atoms with Crippen molar-refractivity contribution >= 4 is 9.84 Å². The van der Waals surface area contributed by atoms with Gasteiger partial charge in [-0.1, -0.05) is 0 Å². The highest BCUT2D eigenvalue weighted by Crippen LogP contribution is 2.39. The van der Waals surface area contributed by atoms with Crippen LogP contribution in [0.5, 0.6) is 0 Å². The summed E-state index contributed by atoms with van der Waals surface area (Å²) in [7, 11) is -3.11. The lowest BCUT2D eigenvalue weighted by molar-refractivity contribution is 0.0856. The third-order valence-corrected chi connectivity index (χ3v) is 6.32. The van der Waals surface area contributed by atoms with Gasteiger partial charge in [-0.05, 0) is 46.0 Å². The summed E-state index contributed by atoms with van der Waals surface area (Å²) in [6.07, 6.45) is 3.21. The first-order valence-corrected chi connectivity index (χ1v) is 8.19. The standard InChI is InChI=1S/C12H22FNO2S/c1-9(2)17(15,16)6-5-12(13)7-10-3-4-11(8-12)14-10/h9-11,14H,3-8H2,1-2H3. The molecular weight excluding hydrogens is 241 g/mol. The monoisotopic (exact) mass is 263 g/mol. The lowest BCUT2D eigenvalue weighted by Gasteiger charge is -2.35. The van der Waals surface area contributed by atoms with Crippen LogP contribution in [0.3, 0.4) is 0 Å². The Bertz CT molecular complexity index is 368. The SMILES string of the molecule is CC(C)S(=O)(=O)CCC1(F)CC2CCC(C1)N2. The van der Waals surface area contributed by atoms with Crippen molar-refractivity contribution in [1.82, 2.24) is 5.32 Å². The van der Waals surface area contributed by atoms with Crippen molar-refractivity contribution in [1.29, 1.82) is 0 Å². The minimum Gasteiger partial charge on any atom is -0.311 e. The lowest BCUT2D eigenvalue weighted by Crippen LogP contribution is -2.46. The first-order chi connectivity index (χ1) is 7.81. The molecule has 3 nitrogen and oxygen atoms in total. The highest BCUT2D eigenvalue weighted by molar-refractivity contribution is 7.91. The summed E-state index contributed by atoms with van der Waals surface area (Å²) < 4.78 is 38.0. The Morgan fingerprint density at radius 1 is 1.29 bits per heavy atom. The van der Waals surface area contributed by atoms with Crippen LogP contribution >= 0.6 is 0 Å². The molecule has 5 heteroatoms. The number of fused-ring (bicyclic) bond motifs is 2. The van der Waals surface area contributed by atoms with E-state index < -0.39 is 20.8 Å². The van der Waals surface area contributed by atoms with Gasteiger partial charge in [0.25, 0.3) is 0 Å². The summed E-state index contributed by atoms with van der Waals surface area (Å²) in [6.45, 7) is 3.32. The quantitative estimate of drug-likeness (QED) is 0.841. The van der Waals surface area contributed by atoms with E-state index >= 15 is 0 Å². The summed E-state index contributed by atoms with van der Waals surface area (Å²) in [5.41, 5.74) is -1.26. The summed E-state index contributed by atoms with van der Waals surface area (Å²) in [6, 6.07) is 0.529. The lowest BCUT2D eigenvalue weighted by atomic mass is 9.87. The molecule has 2 saturated heterocycles. The Labute approximate surface area is 103 Å². The molecule has 0 aliphatic carbocycles. The van der Waals surface area contributed by atoms with Gasteiger partial charge in [0.1, 0.15) is 5.67 Å². The van der Waals surface area contributed by atoms with Gasteiger partial charge in [-0.25, -0.2) is 12.8 Å². The molecule has 2 aliphatic rings. The number of hydrogen-bond acceptors (Lipinski definition) is 3. The predicted molar refractivity (Wildman–Crippen MR) is 66.6 cm³/mol. The molecule has 0 radical (unpaired) electrons. The Kier molecular flexibility index (Phi) is 3.51. The second-order valence-electron chi connectivity index (χ2n) is 5.86. The molecule has 0 aromatic carbocycles. The predicted octanol–water partition coefficient (Wildman–Crippen LogP) is 1.82. The van der Waals surface area contributed by atoms with Crippen molar-refractivity contribution in [3.63, 3.8) is 0 Å². The van der Waals surface area contributed by atoms with E-state index in [1.807, 2.05) is 0 Å². The van der Waals surface area contributed by atoms with E-state index in [-0.39, 0.29) is 24.3 Å². The third kappa shape index (κ3) is 2.99. The second kappa shape index (κ2) is 4.50. The Balaban J connectivity index is 1.95. The van der Waals surface area contributed by atoms with Crippen LogP contribution in [-0.4, -0.2) is 37.2 Å². The second-order valence-corrected chi connectivity index (χ2v) is 8.54. The van der Waals surface area contributed by atoms with E-state index in [1.54, 1.807) is 13.8 Å². The smallest absolute Gasteiger partial charge is 0.152 e. The summed E-state index contributed by atoms with van der Waals surface area (Å²) >= 11 is 0. The van der Waals surface area contributed by atoms with Crippen molar-refractivity contribution in [2.75, 3.05) is 5.75 Å². The van der Waals surface area contributed by atoms with Crippen LogP contribution in [0.15, 0.2) is 0 Å². The number of sulfone groups is 1. The molecule has 0 amide bonds. The number of alkyl halides is 1. The maximum Gasteiger partial charge on any atom is 0.152 e. The molecule has 100 valence electrons. The molecule has 2 unspecified atom stereocenters. The maximum absolute atomic E-state index is 14.6. The van der Waals surface area contributed by atoms with E-state index in [9.17, 15) is 12.8 Å². The van der Waals surface area contributed by atoms with Gasteiger partial charge in [-0.2, -0.15) is 0 Å². The third-order valence-electron chi connectivity index (χ3n) is 4.11. The molecule has 2 rings (SSSR count). The molecular formula is C12H22FNO2S. The number of piperidine rings is 1. The highest BCUT2D eigenvalue weighted by Gasteiger charge is 2.44. The summed E-state index contributed by atoms with van der Waals surface area (Å²) in [5.74, 6) is -0.0133. The zero-order chi connectivity index (χ0) is 12.7.